The first-order valence-electron chi connectivity index (χ1n) is 8.35. The van der Waals surface area contributed by atoms with E-state index in [2.05, 4.69) is 10.6 Å². The molecule has 0 saturated carbocycles. The maximum absolute atomic E-state index is 12.8. The predicted octanol–water partition coefficient (Wildman–Crippen LogP) is 3.13. The maximum atomic E-state index is 12.8. The number of benzene rings is 2. The molecule has 27 heavy (non-hydrogen) atoms. The molecule has 0 bridgehead atoms. The van der Waals surface area contributed by atoms with Crippen LogP contribution in [0.15, 0.2) is 77.4 Å². The first-order chi connectivity index (χ1) is 13.2. The number of hydrogen-bond donors (Lipinski definition) is 2. The molecule has 0 aliphatic carbocycles. The molecule has 134 valence electrons. The fourth-order valence-corrected chi connectivity index (χ4v) is 2.59. The van der Waals surface area contributed by atoms with Crippen LogP contribution in [0.25, 0.3) is 0 Å². The number of hydrogen-bond acceptors (Lipinski definition) is 4. The number of carbonyl (C=O) groups excluding carboxylic acids is 2. The zero-order valence-corrected chi connectivity index (χ0v) is 14.4. The first kappa shape index (κ1) is 18.0. The molecule has 2 aromatic carbocycles. The summed E-state index contributed by atoms with van der Waals surface area (Å²) in [6.07, 6.45) is 1.71. The van der Waals surface area contributed by atoms with Gasteiger partial charge in [-0.05, 0) is 35.9 Å². The van der Waals surface area contributed by atoms with Gasteiger partial charge in [0.1, 0.15) is 6.04 Å². The Morgan fingerprint density at radius 3 is 2.56 bits per heavy atom. The van der Waals surface area contributed by atoms with Crippen LogP contribution in [0.4, 0.5) is 5.69 Å². The number of furan rings is 1. The summed E-state index contributed by atoms with van der Waals surface area (Å²) in [5, 5.41) is 14.5. The highest BCUT2D eigenvalue weighted by atomic mass is 16.3. The highest BCUT2D eigenvalue weighted by molar-refractivity contribution is 6.00. The third-order valence-electron chi connectivity index (χ3n) is 3.91. The highest BCUT2D eigenvalue weighted by Crippen LogP contribution is 2.12. The molecule has 0 aliphatic heterocycles. The van der Waals surface area contributed by atoms with E-state index in [0.29, 0.717) is 17.7 Å². The molecule has 6 heteroatoms. The normalized spacial score (nSPS) is 11.2. The zero-order chi connectivity index (χ0) is 19.1. The van der Waals surface area contributed by atoms with Crippen LogP contribution in [0.1, 0.15) is 21.7 Å². The molecule has 2 N–H and O–H groups in total. The monoisotopic (exact) mass is 359 g/mol. The Morgan fingerprint density at radius 2 is 1.85 bits per heavy atom. The van der Waals surface area contributed by atoms with Crippen LogP contribution < -0.4 is 10.6 Å². The predicted molar refractivity (Wildman–Crippen MR) is 99.9 cm³/mol. The van der Waals surface area contributed by atoms with Crippen molar-refractivity contribution in [3.63, 3.8) is 0 Å². The second-order valence-corrected chi connectivity index (χ2v) is 5.87. The number of rotatable bonds is 6. The van der Waals surface area contributed by atoms with Crippen LogP contribution in [0, 0.1) is 11.3 Å². The van der Waals surface area contributed by atoms with Gasteiger partial charge in [0.15, 0.2) is 5.76 Å². The molecule has 0 saturated heterocycles. The van der Waals surface area contributed by atoms with E-state index < -0.39 is 11.9 Å². The van der Waals surface area contributed by atoms with E-state index in [4.69, 9.17) is 9.68 Å². The third-order valence-corrected chi connectivity index (χ3v) is 3.91. The summed E-state index contributed by atoms with van der Waals surface area (Å²) in [5.41, 5.74) is 1.83. The smallest absolute Gasteiger partial charge is 0.287 e. The van der Waals surface area contributed by atoms with Gasteiger partial charge in [0.05, 0.1) is 17.9 Å². The summed E-state index contributed by atoms with van der Waals surface area (Å²) in [4.78, 5) is 25.1. The molecule has 1 atom stereocenters. The molecule has 1 heterocycles. The van der Waals surface area contributed by atoms with E-state index in [-0.39, 0.29) is 11.7 Å². The average molecular weight is 359 g/mol. The van der Waals surface area contributed by atoms with E-state index in [9.17, 15) is 9.59 Å². The number of nitriles is 1. The van der Waals surface area contributed by atoms with E-state index in [1.54, 1.807) is 30.3 Å². The summed E-state index contributed by atoms with van der Waals surface area (Å²) in [5.74, 6) is -0.719. The lowest BCUT2D eigenvalue weighted by molar-refractivity contribution is -0.118. The Hall–Kier alpha value is -3.85. The lowest BCUT2D eigenvalue weighted by Gasteiger charge is -2.18. The Labute approximate surface area is 156 Å². The van der Waals surface area contributed by atoms with Crippen LogP contribution >= 0.6 is 0 Å². The van der Waals surface area contributed by atoms with Crippen molar-refractivity contribution in [2.24, 2.45) is 0 Å². The van der Waals surface area contributed by atoms with Crippen LogP contribution in [-0.4, -0.2) is 17.9 Å². The van der Waals surface area contributed by atoms with Crippen molar-refractivity contribution in [3.8, 4) is 6.07 Å². The summed E-state index contributed by atoms with van der Waals surface area (Å²) in [6, 6.07) is 20.3. The largest absolute Gasteiger partial charge is 0.459 e. The Morgan fingerprint density at radius 1 is 1.04 bits per heavy atom. The summed E-state index contributed by atoms with van der Waals surface area (Å²) in [6.45, 7) is 0. The van der Waals surface area contributed by atoms with Gasteiger partial charge in [-0.25, -0.2) is 0 Å². The molecule has 6 nitrogen and oxygen atoms in total. The van der Waals surface area contributed by atoms with E-state index >= 15 is 0 Å². The van der Waals surface area contributed by atoms with E-state index in [1.807, 2.05) is 36.4 Å². The highest BCUT2D eigenvalue weighted by Gasteiger charge is 2.23. The van der Waals surface area contributed by atoms with Gasteiger partial charge in [0.2, 0.25) is 5.91 Å². The van der Waals surface area contributed by atoms with Gasteiger partial charge in [-0.3, -0.25) is 9.59 Å². The minimum absolute atomic E-state index is 0.132. The number of nitrogens with zero attached hydrogens (tertiary/aromatic N) is 1. The molecular weight excluding hydrogens is 342 g/mol. The van der Waals surface area contributed by atoms with Crippen molar-refractivity contribution in [1.29, 1.82) is 5.26 Å². The van der Waals surface area contributed by atoms with Crippen molar-refractivity contribution in [3.05, 3.63) is 89.9 Å². The quantitative estimate of drug-likeness (QED) is 0.707. The molecule has 0 spiro atoms. The van der Waals surface area contributed by atoms with Crippen LogP contribution in [0.2, 0.25) is 0 Å². The van der Waals surface area contributed by atoms with Crippen molar-refractivity contribution in [1.82, 2.24) is 5.32 Å². The minimum atomic E-state index is -0.809. The SMILES string of the molecule is N#Cc1cccc(NC(=O)C(Cc2ccccc2)NC(=O)c2ccco2)c1. The third kappa shape index (κ3) is 4.83. The lowest BCUT2D eigenvalue weighted by Crippen LogP contribution is -2.45. The summed E-state index contributed by atoms with van der Waals surface area (Å²) >= 11 is 0. The second kappa shape index (κ2) is 8.50. The molecule has 3 aromatic rings. The number of anilines is 1. The van der Waals surface area contributed by atoms with Crippen molar-refractivity contribution < 1.29 is 14.0 Å². The van der Waals surface area contributed by atoms with Gasteiger partial charge in [-0.1, -0.05) is 36.4 Å². The van der Waals surface area contributed by atoms with Gasteiger partial charge in [-0.2, -0.15) is 5.26 Å². The van der Waals surface area contributed by atoms with E-state index in [0.717, 1.165) is 5.56 Å². The Bertz CT molecular complexity index is 960. The van der Waals surface area contributed by atoms with E-state index in [1.165, 1.54) is 12.3 Å². The number of nitrogens with one attached hydrogen (secondary N) is 2. The van der Waals surface area contributed by atoms with Crippen LogP contribution in [0.5, 0.6) is 0 Å². The molecular formula is C21H17N3O3. The zero-order valence-electron chi connectivity index (χ0n) is 14.4. The van der Waals surface area contributed by atoms with Gasteiger partial charge < -0.3 is 15.1 Å². The number of carbonyl (C=O) groups is 2. The average Bonchev–Trinajstić information content (AvgIpc) is 3.23. The molecule has 0 aliphatic rings. The molecule has 0 radical (unpaired) electrons. The van der Waals surface area contributed by atoms with Gasteiger partial charge >= 0.3 is 0 Å². The van der Waals surface area contributed by atoms with Gasteiger partial charge in [0, 0.05) is 12.1 Å². The van der Waals surface area contributed by atoms with Crippen LogP contribution in [0.3, 0.4) is 0 Å². The first-order valence-corrected chi connectivity index (χ1v) is 8.35. The minimum Gasteiger partial charge on any atom is -0.459 e. The summed E-state index contributed by atoms with van der Waals surface area (Å²) < 4.78 is 5.09. The fraction of sp³-hybridized carbons (Fsp3) is 0.0952. The molecule has 2 amide bonds. The topological polar surface area (TPSA) is 95.1 Å². The summed E-state index contributed by atoms with van der Waals surface area (Å²) in [7, 11) is 0. The van der Waals surface area contributed by atoms with Crippen LogP contribution in [-0.2, 0) is 11.2 Å². The fourth-order valence-electron chi connectivity index (χ4n) is 2.59. The van der Waals surface area contributed by atoms with Crippen molar-refractivity contribution in [2.45, 2.75) is 12.5 Å². The van der Waals surface area contributed by atoms with Crippen molar-refractivity contribution in [2.75, 3.05) is 5.32 Å². The maximum Gasteiger partial charge on any atom is 0.287 e. The lowest BCUT2D eigenvalue weighted by atomic mass is 10.0. The standard InChI is InChI=1S/C21H17N3O3/c22-14-16-8-4-9-17(12-16)23-20(25)18(13-15-6-2-1-3-7-15)24-21(26)19-10-5-11-27-19/h1-12,18H,13H2,(H,23,25)(H,24,26). The van der Waals surface area contributed by atoms with Gasteiger partial charge in [0.25, 0.3) is 5.91 Å². The molecule has 1 unspecified atom stereocenters. The number of amides is 2. The van der Waals surface area contributed by atoms with Crippen molar-refractivity contribution >= 4 is 17.5 Å². The second-order valence-electron chi connectivity index (χ2n) is 5.87. The Kier molecular flexibility index (Phi) is 5.65. The Balaban J connectivity index is 1.78. The molecule has 0 fully saturated rings. The molecule has 1 aromatic heterocycles. The molecule has 3 rings (SSSR count). The van der Waals surface area contributed by atoms with Gasteiger partial charge in [-0.15, -0.1) is 0 Å².